The molecule has 0 saturated carbocycles. The summed E-state index contributed by atoms with van der Waals surface area (Å²) >= 11 is 1.65. The van der Waals surface area contributed by atoms with E-state index >= 15 is 0 Å². The van der Waals surface area contributed by atoms with E-state index < -0.39 is 0 Å². The molecule has 132 valence electrons. The first-order valence-electron chi connectivity index (χ1n) is 8.34. The molecule has 0 atom stereocenters. The van der Waals surface area contributed by atoms with Crippen molar-refractivity contribution < 1.29 is 0 Å². The summed E-state index contributed by atoms with van der Waals surface area (Å²) in [7, 11) is 5.94. The highest BCUT2D eigenvalue weighted by Crippen LogP contribution is 2.37. The number of nitrogens with zero attached hydrogens (tertiary/aromatic N) is 5. The SMILES string of the molecule is CN(C)Cc1nc(Nc2cnn(C)c2)c2c(-c3ccccc3)csc2n1. The van der Waals surface area contributed by atoms with Gasteiger partial charge in [-0.1, -0.05) is 30.3 Å². The minimum atomic E-state index is 0.691. The summed E-state index contributed by atoms with van der Waals surface area (Å²) in [5, 5.41) is 10.9. The lowest BCUT2D eigenvalue weighted by molar-refractivity contribution is 0.391. The van der Waals surface area contributed by atoms with Gasteiger partial charge in [-0.25, -0.2) is 9.97 Å². The number of anilines is 2. The van der Waals surface area contributed by atoms with Crippen molar-refractivity contribution in [3.8, 4) is 11.1 Å². The molecule has 0 spiro atoms. The van der Waals surface area contributed by atoms with E-state index in [0.29, 0.717) is 6.54 Å². The highest BCUT2D eigenvalue weighted by Gasteiger charge is 2.16. The molecule has 4 rings (SSSR count). The van der Waals surface area contributed by atoms with Crippen molar-refractivity contribution in [2.24, 2.45) is 7.05 Å². The zero-order valence-electron chi connectivity index (χ0n) is 15.0. The van der Waals surface area contributed by atoms with Gasteiger partial charge in [-0.3, -0.25) is 4.68 Å². The van der Waals surface area contributed by atoms with E-state index in [-0.39, 0.29) is 0 Å². The van der Waals surface area contributed by atoms with Crippen molar-refractivity contribution in [1.29, 1.82) is 0 Å². The zero-order chi connectivity index (χ0) is 18.1. The zero-order valence-corrected chi connectivity index (χ0v) is 15.8. The molecule has 6 nitrogen and oxygen atoms in total. The Morgan fingerprint density at radius 3 is 2.65 bits per heavy atom. The van der Waals surface area contributed by atoms with Gasteiger partial charge >= 0.3 is 0 Å². The molecule has 0 fully saturated rings. The highest BCUT2D eigenvalue weighted by atomic mass is 32.1. The third kappa shape index (κ3) is 3.31. The second-order valence-electron chi connectivity index (χ2n) is 6.45. The fourth-order valence-corrected chi connectivity index (χ4v) is 3.85. The number of hydrogen-bond donors (Lipinski definition) is 1. The number of nitrogens with one attached hydrogen (secondary N) is 1. The van der Waals surface area contributed by atoms with Gasteiger partial charge in [0.25, 0.3) is 0 Å². The second kappa shape index (κ2) is 6.86. The third-order valence-electron chi connectivity index (χ3n) is 3.99. The molecular formula is C19H20N6S. The Morgan fingerprint density at radius 2 is 1.96 bits per heavy atom. The lowest BCUT2D eigenvalue weighted by Crippen LogP contribution is -2.14. The molecule has 0 unspecified atom stereocenters. The van der Waals surface area contributed by atoms with Gasteiger partial charge in [0.1, 0.15) is 16.5 Å². The Morgan fingerprint density at radius 1 is 1.15 bits per heavy atom. The minimum absolute atomic E-state index is 0.691. The van der Waals surface area contributed by atoms with Gasteiger partial charge in [0.2, 0.25) is 0 Å². The van der Waals surface area contributed by atoms with Crippen LogP contribution in [0.1, 0.15) is 5.82 Å². The van der Waals surface area contributed by atoms with Crippen molar-refractivity contribution in [3.05, 3.63) is 53.9 Å². The maximum Gasteiger partial charge on any atom is 0.146 e. The number of rotatable bonds is 5. The van der Waals surface area contributed by atoms with Crippen LogP contribution in [0.3, 0.4) is 0 Å². The van der Waals surface area contributed by atoms with E-state index in [1.165, 1.54) is 0 Å². The molecule has 1 aromatic carbocycles. The van der Waals surface area contributed by atoms with Crippen LogP contribution in [0.2, 0.25) is 0 Å². The van der Waals surface area contributed by atoms with Crippen molar-refractivity contribution in [2.45, 2.75) is 6.54 Å². The molecule has 7 heteroatoms. The average molecular weight is 364 g/mol. The number of thiophene rings is 1. The number of aromatic nitrogens is 4. The second-order valence-corrected chi connectivity index (χ2v) is 7.31. The van der Waals surface area contributed by atoms with Crippen molar-refractivity contribution in [2.75, 3.05) is 19.4 Å². The number of hydrogen-bond acceptors (Lipinski definition) is 6. The first-order valence-corrected chi connectivity index (χ1v) is 9.22. The van der Waals surface area contributed by atoms with Crippen LogP contribution < -0.4 is 5.32 Å². The number of aryl methyl sites for hydroxylation is 1. The molecule has 3 heterocycles. The summed E-state index contributed by atoms with van der Waals surface area (Å²) in [6.07, 6.45) is 3.74. The summed E-state index contributed by atoms with van der Waals surface area (Å²) in [6, 6.07) is 10.4. The molecule has 0 aliphatic heterocycles. The van der Waals surface area contributed by atoms with Crippen molar-refractivity contribution >= 4 is 33.1 Å². The molecule has 26 heavy (non-hydrogen) atoms. The smallest absolute Gasteiger partial charge is 0.146 e. The first-order chi connectivity index (χ1) is 12.6. The van der Waals surface area contributed by atoms with E-state index in [9.17, 15) is 0 Å². The Balaban J connectivity index is 1.87. The van der Waals surface area contributed by atoms with Crippen LogP contribution >= 0.6 is 11.3 Å². The monoisotopic (exact) mass is 364 g/mol. The van der Waals surface area contributed by atoms with Crippen LogP contribution in [0.15, 0.2) is 48.1 Å². The van der Waals surface area contributed by atoms with Gasteiger partial charge in [0, 0.05) is 24.2 Å². The summed E-state index contributed by atoms with van der Waals surface area (Å²) in [4.78, 5) is 12.6. The molecule has 0 radical (unpaired) electrons. The fourth-order valence-electron chi connectivity index (χ4n) is 2.88. The fraction of sp³-hybridized carbons (Fsp3) is 0.211. The lowest BCUT2D eigenvalue weighted by atomic mass is 10.1. The minimum Gasteiger partial charge on any atom is -0.337 e. The average Bonchev–Trinajstić information content (AvgIpc) is 3.21. The van der Waals surface area contributed by atoms with Gasteiger partial charge in [-0.2, -0.15) is 5.10 Å². The topological polar surface area (TPSA) is 58.9 Å². The molecule has 0 aliphatic carbocycles. The van der Waals surface area contributed by atoms with Gasteiger partial charge in [-0.05, 0) is 19.7 Å². The van der Waals surface area contributed by atoms with E-state index in [1.807, 2.05) is 45.5 Å². The van der Waals surface area contributed by atoms with E-state index in [0.717, 1.165) is 38.7 Å². The predicted molar refractivity (Wildman–Crippen MR) is 107 cm³/mol. The Hall–Kier alpha value is -2.77. The van der Waals surface area contributed by atoms with Crippen molar-refractivity contribution in [3.63, 3.8) is 0 Å². The Bertz CT molecular complexity index is 1030. The quantitative estimate of drug-likeness (QED) is 0.582. The van der Waals surface area contributed by atoms with Gasteiger partial charge in [-0.15, -0.1) is 11.3 Å². The molecule has 1 N–H and O–H groups in total. The molecule has 0 aliphatic rings. The summed E-state index contributed by atoms with van der Waals surface area (Å²) in [6.45, 7) is 0.691. The van der Waals surface area contributed by atoms with Gasteiger partial charge in [0.15, 0.2) is 0 Å². The van der Waals surface area contributed by atoms with E-state index in [1.54, 1.807) is 22.2 Å². The highest BCUT2D eigenvalue weighted by molar-refractivity contribution is 7.17. The largest absolute Gasteiger partial charge is 0.337 e. The molecule has 0 bridgehead atoms. The normalized spacial score (nSPS) is 11.4. The van der Waals surface area contributed by atoms with Crippen LogP contribution in [-0.4, -0.2) is 38.7 Å². The van der Waals surface area contributed by atoms with Crippen LogP contribution in [0.4, 0.5) is 11.5 Å². The molecule has 0 amide bonds. The van der Waals surface area contributed by atoms with Crippen LogP contribution in [-0.2, 0) is 13.6 Å². The number of benzene rings is 1. The van der Waals surface area contributed by atoms with Crippen LogP contribution in [0.5, 0.6) is 0 Å². The van der Waals surface area contributed by atoms with E-state index in [2.05, 4.69) is 32.8 Å². The predicted octanol–water partition coefficient (Wildman–Crippen LogP) is 3.90. The summed E-state index contributed by atoms with van der Waals surface area (Å²) in [5.41, 5.74) is 3.22. The van der Waals surface area contributed by atoms with Crippen LogP contribution in [0, 0.1) is 0 Å². The maximum atomic E-state index is 4.81. The van der Waals surface area contributed by atoms with Gasteiger partial charge in [0.05, 0.1) is 23.8 Å². The van der Waals surface area contributed by atoms with Gasteiger partial charge < -0.3 is 10.2 Å². The molecular weight excluding hydrogens is 344 g/mol. The third-order valence-corrected chi connectivity index (χ3v) is 4.86. The molecule has 3 aromatic heterocycles. The first kappa shape index (κ1) is 16.7. The van der Waals surface area contributed by atoms with Crippen LogP contribution in [0.25, 0.3) is 21.3 Å². The molecule has 4 aromatic rings. The number of fused-ring (bicyclic) bond motifs is 1. The Kier molecular flexibility index (Phi) is 4.40. The Labute approximate surface area is 156 Å². The van der Waals surface area contributed by atoms with E-state index in [4.69, 9.17) is 9.97 Å². The molecule has 0 saturated heterocycles. The standard InChI is InChI=1S/C19H20N6S/c1-24(2)11-16-22-18(21-14-9-20-25(3)10-14)17-15(12-26-19(17)23-16)13-7-5-4-6-8-13/h4-10,12H,11H2,1-3H3,(H,21,22,23). The summed E-state index contributed by atoms with van der Waals surface area (Å²) < 4.78 is 1.77. The maximum absolute atomic E-state index is 4.81. The van der Waals surface area contributed by atoms with Crippen molar-refractivity contribution in [1.82, 2.24) is 24.6 Å². The summed E-state index contributed by atoms with van der Waals surface area (Å²) in [5.74, 6) is 1.62. The lowest BCUT2D eigenvalue weighted by Gasteiger charge is -2.12.